The topological polar surface area (TPSA) is 66.8 Å². The average Bonchev–Trinajstić information content (AvgIpc) is 2.58. The van der Waals surface area contributed by atoms with Crippen LogP contribution < -0.4 is 9.64 Å². The highest BCUT2D eigenvalue weighted by Crippen LogP contribution is 2.33. The first-order valence-corrected chi connectivity index (χ1v) is 7.65. The lowest BCUT2D eigenvalue weighted by molar-refractivity contribution is -0.140. The highest BCUT2D eigenvalue weighted by atomic mass is 19.4. The lowest BCUT2D eigenvalue weighted by Gasteiger charge is -2.24. The second kappa shape index (κ2) is 8.07. The summed E-state index contributed by atoms with van der Waals surface area (Å²) in [4.78, 5) is 23.9. The zero-order valence-corrected chi connectivity index (χ0v) is 14.1. The summed E-state index contributed by atoms with van der Waals surface area (Å²) in [5.41, 5.74) is -1.16. The number of hydrogen-bond donors (Lipinski definition) is 1. The number of rotatable bonds is 7. The summed E-state index contributed by atoms with van der Waals surface area (Å²) in [6, 6.07) is 7.85. The van der Waals surface area contributed by atoms with Crippen LogP contribution in [0.4, 0.5) is 23.2 Å². The number of alkyl halides is 3. The third-order valence-electron chi connectivity index (χ3n) is 3.50. The van der Waals surface area contributed by atoms with Gasteiger partial charge in [-0.05, 0) is 43.3 Å². The number of Topliss-reactive ketones (excluding diaryl/α,β-unsaturated/α-hetero) is 1. The molecule has 2 aromatic rings. The van der Waals surface area contributed by atoms with Gasteiger partial charge in [-0.1, -0.05) is 6.07 Å². The van der Waals surface area contributed by atoms with Gasteiger partial charge in [-0.3, -0.25) is 4.79 Å². The minimum Gasteiger partial charge on any atom is -0.478 e. The van der Waals surface area contributed by atoms with Gasteiger partial charge in [-0.2, -0.15) is 13.2 Å². The van der Waals surface area contributed by atoms with E-state index in [1.165, 1.54) is 36.1 Å². The van der Waals surface area contributed by atoms with E-state index < -0.39 is 23.5 Å². The molecule has 0 unspecified atom stereocenters. The molecule has 2 aromatic carbocycles. The number of carbonyl (C=O) groups is 2. The zero-order chi connectivity index (χ0) is 20.2. The monoisotopic (exact) mass is 385 g/mol. The Morgan fingerprint density at radius 3 is 2.44 bits per heavy atom. The number of carboxylic acid groups (broad SMARTS) is 1. The van der Waals surface area contributed by atoms with Gasteiger partial charge in [0.05, 0.1) is 17.7 Å². The molecule has 0 bridgehead atoms. The Morgan fingerprint density at radius 2 is 1.85 bits per heavy atom. The smallest absolute Gasteiger partial charge is 0.419 e. The van der Waals surface area contributed by atoms with Crippen molar-refractivity contribution >= 4 is 17.4 Å². The van der Waals surface area contributed by atoms with Gasteiger partial charge >= 0.3 is 12.1 Å². The summed E-state index contributed by atoms with van der Waals surface area (Å²) >= 11 is 0. The maximum absolute atomic E-state index is 13.3. The van der Waals surface area contributed by atoms with Crippen molar-refractivity contribution in [1.82, 2.24) is 0 Å². The summed E-state index contributed by atoms with van der Waals surface area (Å²) < 4.78 is 56.9. The van der Waals surface area contributed by atoms with E-state index in [0.717, 1.165) is 6.07 Å². The van der Waals surface area contributed by atoms with Crippen LogP contribution in [0.5, 0.6) is 5.75 Å². The van der Waals surface area contributed by atoms with E-state index >= 15 is 0 Å². The largest absolute Gasteiger partial charge is 0.478 e. The Morgan fingerprint density at radius 1 is 1.15 bits per heavy atom. The molecule has 0 fully saturated rings. The number of halogens is 4. The fourth-order valence-corrected chi connectivity index (χ4v) is 2.28. The Bertz CT molecular complexity index is 851. The van der Waals surface area contributed by atoms with Crippen LogP contribution in [0.3, 0.4) is 0 Å². The third kappa shape index (κ3) is 5.44. The first-order chi connectivity index (χ1) is 12.6. The molecule has 0 spiro atoms. The van der Waals surface area contributed by atoms with Crippen LogP contribution >= 0.6 is 0 Å². The Labute approximate surface area is 151 Å². The van der Waals surface area contributed by atoms with Crippen LogP contribution in [0.15, 0.2) is 42.5 Å². The van der Waals surface area contributed by atoms with Crippen LogP contribution in [0.2, 0.25) is 0 Å². The maximum atomic E-state index is 13.3. The Hall–Kier alpha value is -3.10. The zero-order valence-electron chi connectivity index (χ0n) is 14.1. The van der Waals surface area contributed by atoms with E-state index in [4.69, 9.17) is 9.84 Å². The van der Waals surface area contributed by atoms with Gasteiger partial charge in [0.25, 0.3) is 0 Å². The third-order valence-corrected chi connectivity index (χ3v) is 3.50. The fourth-order valence-electron chi connectivity index (χ4n) is 2.28. The van der Waals surface area contributed by atoms with E-state index in [2.05, 4.69) is 0 Å². The second-order valence-corrected chi connectivity index (χ2v) is 5.67. The van der Waals surface area contributed by atoms with Crippen molar-refractivity contribution in [2.45, 2.75) is 13.1 Å². The molecule has 0 aliphatic heterocycles. The quantitative estimate of drug-likeness (QED) is 0.577. The average molecular weight is 385 g/mol. The fraction of sp³-hybridized carbons (Fsp3) is 0.222. The van der Waals surface area contributed by atoms with E-state index in [0.29, 0.717) is 17.8 Å². The summed E-state index contributed by atoms with van der Waals surface area (Å²) in [6.45, 7) is 0.801. The van der Waals surface area contributed by atoms with Gasteiger partial charge in [0, 0.05) is 5.69 Å². The lowest BCUT2D eigenvalue weighted by atomic mass is 10.2. The van der Waals surface area contributed by atoms with Crippen LogP contribution in [-0.2, 0) is 11.0 Å². The van der Waals surface area contributed by atoms with Crippen molar-refractivity contribution in [1.29, 1.82) is 0 Å². The number of carboxylic acids is 1. The molecule has 0 radical (unpaired) electrons. The van der Waals surface area contributed by atoms with Crippen molar-refractivity contribution < 1.29 is 37.0 Å². The molecule has 0 aromatic heterocycles. The molecular weight excluding hydrogens is 370 g/mol. The number of carbonyl (C=O) groups excluding carboxylic acids is 1. The molecule has 0 saturated heterocycles. The number of nitrogens with zero attached hydrogens (tertiary/aromatic N) is 1. The molecule has 0 atom stereocenters. The minimum absolute atomic E-state index is 0.0257. The molecule has 9 heteroatoms. The number of anilines is 1. The van der Waals surface area contributed by atoms with Crippen molar-refractivity contribution in [3.8, 4) is 5.75 Å². The number of ketones is 1. The molecule has 0 saturated carbocycles. The van der Waals surface area contributed by atoms with E-state index in [9.17, 15) is 27.2 Å². The van der Waals surface area contributed by atoms with E-state index in [1.807, 2.05) is 0 Å². The van der Waals surface area contributed by atoms with Gasteiger partial charge < -0.3 is 14.7 Å². The predicted molar refractivity (Wildman–Crippen MR) is 88.3 cm³/mol. The Balaban J connectivity index is 2.24. The van der Waals surface area contributed by atoms with E-state index in [1.54, 1.807) is 0 Å². The molecule has 0 aliphatic rings. The minimum atomic E-state index is -4.88. The van der Waals surface area contributed by atoms with Gasteiger partial charge in [-0.25, -0.2) is 9.18 Å². The summed E-state index contributed by atoms with van der Waals surface area (Å²) in [6.07, 6.45) is -4.88. The number of aromatic carboxylic acids is 1. The summed E-state index contributed by atoms with van der Waals surface area (Å²) in [7, 11) is 0. The van der Waals surface area contributed by atoms with Crippen molar-refractivity contribution in [2.24, 2.45) is 0 Å². The van der Waals surface area contributed by atoms with Crippen LogP contribution in [0, 0.1) is 5.82 Å². The molecule has 0 amide bonds. The van der Waals surface area contributed by atoms with Crippen LogP contribution in [0.1, 0.15) is 22.8 Å². The van der Waals surface area contributed by atoms with Crippen molar-refractivity contribution in [3.05, 3.63) is 59.4 Å². The highest BCUT2D eigenvalue weighted by molar-refractivity contribution is 5.89. The number of hydrogen-bond acceptors (Lipinski definition) is 4. The van der Waals surface area contributed by atoms with E-state index in [-0.39, 0.29) is 30.4 Å². The molecule has 0 aliphatic carbocycles. The highest BCUT2D eigenvalue weighted by Gasteiger charge is 2.34. The maximum Gasteiger partial charge on any atom is 0.419 e. The van der Waals surface area contributed by atoms with Gasteiger partial charge in [0.15, 0.2) is 6.73 Å². The lowest BCUT2D eigenvalue weighted by Crippen LogP contribution is -2.32. The predicted octanol–water partition coefficient (Wildman–Crippen LogP) is 3.97. The van der Waals surface area contributed by atoms with Gasteiger partial charge in [-0.15, -0.1) is 0 Å². The number of benzene rings is 2. The summed E-state index contributed by atoms with van der Waals surface area (Å²) in [5.74, 6) is -3.11. The van der Waals surface area contributed by atoms with Crippen molar-refractivity contribution in [3.63, 3.8) is 0 Å². The normalized spacial score (nSPS) is 11.1. The van der Waals surface area contributed by atoms with Gasteiger partial charge in [0.2, 0.25) is 0 Å². The molecule has 5 nitrogen and oxygen atoms in total. The first-order valence-electron chi connectivity index (χ1n) is 7.65. The summed E-state index contributed by atoms with van der Waals surface area (Å²) in [5, 5.41) is 9.05. The van der Waals surface area contributed by atoms with Crippen LogP contribution in [-0.4, -0.2) is 30.1 Å². The molecule has 2 rings (SSSR count). The first kappa shape index (κ1) is 20.2. The molecule has 0 heterocycles. The van der Waals surface area contributed by atoms with Gasteiger partial charge in [0.1, 0.15) is 17.3 Å². The molecule has 27 heavy (non-hydrogen) atoms. The SMILES string of the molecule is CC(=O)CN(COc1ccc(F)c(C(F)(F)F)c1)c1cccc(C(=O)O)c1. The standard InChI is InChI=1S/C18H15F4NO4/c1-11(24)9-23(13-4-2-3-12(7-13)17(25)26)10-27-14-5-6-16(19)15(8-14)18(20,21)22/h2-8H,9-10H2,1H3,(H,25,26). The van der Waals surface area contributed by atoms with Crippen LogP contribution in [0.25, 0.3) is 0 Å². The molecule has 1 N–H and O–H groups in total. The Kier molecular flexibility index (Phi) is 6.04. The number of ether oxygens (including phenoxy) is 1. The molecule has 144 valence electrons. The second-order valence-electron chi connectivity index (χ2n) is 5.67. The molecular formula is C18H15F4NO4. The van der Waals surface area contributed by atoms with Crippen molar-refractivity contribution in [2.75, 3.05) is 18.2 Å².